The molecule has 1 amide bonds. The van der Waals surface area contributed by atoms with Crippen LogP contribution < -0.4 is 5.32 Å². The SMILES string of the molecule is CCOC(=O)c1cc(-c2ccc(NC(C)=O)cc2)c2c(C3CCC3)nn(-c3cc(F)cc(F)c3)c2n1. The van der Waals surface area contributed by atoms with Crippen molar-refractivity contribution in [3.05, 3.63) is 71.6 Å². The number of anilines is 1. The van der Waals surface area contributed by atoms with Crippen molar-refractivity contribution in [2.24, 2.45) is 0 Å². The van der Waals surface area contributed by atoms with Crippen LogP contribution >= 0.6 is 0 Å². The van der Waals surface area contributed by atoms with Crippen molar-refractivity contribution in [3.8, 4) is 16.8 Å². The van der Waals surface area contributed by atoms with Crippen LogP contribution in [0.4, 0.5) is 14.5 Å². The number of hydrogen-bond donors (Lipinski definition) is 1. The second kappa shape index (κ2) is 9.49. The second-order valence-electron chi connectivity index (χ2n) is 8.79. The van der Waals surface area contributed by atoms with Gasteiger partial charge in [0.1, 0.15) is 11.6 Å². The molecule has 7 nitrogen and oxygen atoms in total. The fourth-order valence-electron chi connectivity index (χ4n) is 4.43. The molecule has 0 unspecified atom stereocenters. The first-order valence-corrected chi connectivity index (χ1v) is 11.8. The molecule has 1 N–H and O–H groups in total. The van der Waals surface area contributed by atoms with Crippen molar-refractivity contribution in [1.82, 2.24) is 14.8 Å². The molecule has 2 aromatic heterocycles. The molecule has 2 aromatic carbocycles. The van der Waals surface area contributed by atoms with Gasteiger partial charge in [-0.15, -0.1) is 0 Å². The average Bonchev–Trinajstić information content (AvgIpc) is 3.16. The number of ether oxygens (including phenoxy) is 1. The van der Waals surface area contributed by atoms with Crippen LogP contribution in [-0.2, 0) is 9.53 Å². The molecular weight excluding hydrogens is 466 g/mol. The number of halogens is 2. The standard InChI is InChI=1S/C27H24F2N4O3/c1-3-36-27(35)23-14-22(16-7-9-20(10-8-16)30-15(2)34)24-25(17-5-4-6-17)32-33(26(24)31-23)21-12-18(28)11-19(29)13-21/h7-14,17H,3-6H2,1-2H3,(H,30,34). The van der Waals surface area contributed by atoms with Gasteiger partial charge in [0.2, 0.25) is 5.91 Å². The first-order valence-electron chi connectivity index (χ1n) is 11.8. The fourth-order valence-corrected chi connectivity index (χ4v) is 4.43. The number of carbonyl (C=O) groups is 2. The molecule has 4 aromatic rings. The molecule has 0 spiro atoms. The van der Waals surface area contributed by atoms with E-state index in [-0.39, 0.29) is 29.8 Å². The Bertz CT molecular complexity index is 1460. The van der Waals surface area contributed by atoms with Gasteiger partial charge in [-0.25, -0.2) is 23.2 Å². The van der Waals surface area contributed by atoms with E-state index in [9.17, 15) is 18.4 Å². The summed E-state index contributed by atoms with van der Waals surface area (Å²) < 4.78 is 34.9. The summed E-state index contributed by atoms with van der Waals surface area (Å²) in [4.78, 5) is 28.7. The van der Waals surface area contributed by atoms with E-state index in [0.717, 1.165) is 36.6 Å². The van der Waals surface area contributed by atoms with Gasteiger partial charge in [-0.3, -0.25) is 4.79 Å². The average molecular weight is 491 g/mol. The maximum Gasteiger partial charge on any atom is 0.357 e. The molecule has 1 fully saturated rings. The predicted octanol–water partition coefficient (Wildman–Crippen LogP) is 5.77. The molecular formula is C27H24F2N4O3. The molecule has 0 aliphatic heterocycles. The van der Waals surface area contributed by atoms with Gasteiger partial charge in [-0.1, -0.05) is 18.6 Å². The quantitative estimate of drug-likeness (QED) is 0.347. The lowest BCUT2D eigenvalue weighted by atomic mass is 9.81. The van der Waals surface area contributed by atoms with Crippen molar-refractivity contribution in [3.63, 3.8) is 0 Å². The summed E-state index contributed by atoms with van der Waals surface area (Å²) in [5.74, 6) is -2.11. The number of rotatable bonds is 6. The summed E-state index contributed by atoms with van der Waals surface area (Å²) >= 11 is 0. The lowest BCUT2D eigenvalue weighted by Crippen LogP contribution is -2.10. The first-order chi connectivity index (χ1) is 17.3. The highest BCUT2D eigenvalue weighted by Gasteiger charge is 2.29. The molecule has 0 saturated heterocycles. The van der Waals surface area contributed by atoms with Gasteiger partial charge < -0.3 is 10.1 Å². The molecule has 0 bridgehead atoms. The topological polar surface area (TPSA) is 86.1 Å². The predicted molar refractivity (Wildman–Crippen MR) is 131 cm³/mol. The number of esters is 1. The van der Waals surface area contributed by atoms with E-state index in [0.29, 0.717) is 22.3 Å². The minimum absolute atomic E-state index is 0.0588. The first kappa shape index (κ1) is 23.6. The van der Waals surface area contributed by atoms with Crippen molar-refractivity contribution in [2.45, 2.75) is 39.0 Å². The normalized spacial score (nSPS) is 13.4. The van der Waals surface area contributed by atoms with Crippen LogP contribution in [0.25, 0.3) is 27.8 Å². The zero-order valence-corrected chi connectivity index (χ0v) is 19.8. The Morgan fingerprint density at radius 3 is 2.36 bits per heavy atom. The van der Waals surface area contributed by atoms with Gasteiger partial charge in [-0.05, 0) is 61.2 Å². The summed E-state index contributed by atoms with van der Waals surface area (Å²) in [6.07, 6.45) is 2.93. The molecule has 1 aliphatic rings. The van der Waals surface area contributed by atoms with Gasteiger partial charge >= 0.3 is 5.97 Å². The number of pyridine rings is 1. The van der Waals surface area contributed by atoms with Crippen molar-refractivity contribution in [2.75, 3.05) is 11.9 Å². The molecule has 2 heterocycles. The van der Waals surface area contributed by atoms with E-state index in [1.807, 2.05) is 12.1 Å². The zero-order valence-electron chi connectivity index (χ0n) is 19.8. The molecule has 0 radical (unpaired) electrons. The maximum atomic E-state index is 14.1. The molecule has 184 valence electrons. The molecule has 0 atom stereocenters. The van der Waals surface area contributed by atoms with Gasteiger partial charge in [0, 0.05) is 24.6 Å². The van der Waals surface area contributed by atoms with E-state index in [2.05, 4.69) is 10.3 Å². The fraction of sp³-hybridized carbons (Fsp3) is 0.259. The number of amides is 1. The third-order valence-corrected chi connectivity index (χ3v) is 6.25. The van der Waals surface area contributed by atoms with Crippen LogP contribution in [0, 0.1) is 11.6 Å². The Morgan fingerprint density at radius 1 is 1.08 bits per heavy atom. The number of aromatic nitrogens is 3. The molecule has 9 heteroatoms. The summed E-state index contributed by atoms with van der Waals surface area (Å²) in [5, 5.41) is 8.22. The van der Waals surface area contributed by atoms with Crippen molar-refractivity contribution >= 4 is 28.6 Å². The summed E-state index contributed by atoms with van der Waals surface area (Å²) in [6.45, 7) is 3.30. The Morgan fingerprint density at radius 2 is 1.78 bits per heavy atom. The Labute approximate surface area is 206 Å². The highest BCUT2D eigenvalue weighted by molar-refractivity contribution is 6.01. The minimum atomic E-state index is -0.742. The van der Waals surface area contributed by atoms with Crippen LogP contribution in [0.2, 0.25) is 0 Å². The van der Waals surface area contributed by atoms with Crippen LogP contribution in [0.15, 0.2) is 48.5 Å². The van der Waals surface area contributed by atoms with Gasteiger partial charge in [-0.2, -0.15) is 5.10 Å². The van der Waals surface area contributed by atoms with Crippen LogP contribution in [0.1, 0.15) is 55.2 Å². The molecule has 5 rings (SSSR count). The Hall–Kier alpha value is -4.14. The van der Waals surface area contributed by atoms with E-state index in [1.165, 1.54) is 23.7 Å². The van der Waals surface area contributed by atoms with Gasteiger partial charge in [0.15, 0.2) is 11.3 Å². The third kappa shape index (κ3) is 4.44. The lowest BCUT2D eigenvalue weighted by Gasteiger charge is -2.24. The number of benzene rings is 2. The Balaban J connectivity index is 1.78. The van der Waals surface area contributed by atoms with Crippen LogP contribution in [0.3, 0.4) is 0 Å². The van der Waals surface area contributed by atoms with Crippen molar-refractivity contribution < 1.29 is 23.1 Å². The van der Waals surface area contributed by atoms with Crippen LogP contribution in [0.5, 0.6) is 0 Å². The Kier molecular flexibility index (Phi) is 6.22. The number of hydrogen-bond acceptors (Lipinski definition) is 5. The minimum Gasteiger partial charge on any atom is -0.461 e. The number of nitrogens with zero attached hydrogens (tertiary/aromatic N) is 3. The highest BCUT2D eigenvalue weighted by Crippen LogP contribution is 2.43. The monoisotopic (exact) mass is 490 g/mol. The third-order valence-electron chi connectivity index (χ3n) is 6.25. The smallest absolute Gasteiger partial charge is 0.357 e. The van der Waals surface area contributed by atoms with E-state index >= 15 is 0 Å². The molecule has 1 aliphatic carbocycles. The summed E-state index contributed by atoms with van der Waals surface area (Å²) in [7, 11) is 0. The number of carbonyl (C=O) groups excluding carboxylic acids is 2. The number of nitrogens with one attached hydrogen (secondary N) is 1. The van der Waals surface area contributed by atoms with Crippen molar-refractivity contribution in [1.29, 1.82) is 0 Å². The zero-order chi connectivity index (χ0) is 25.4. The van der Waals surface area contributed by atoms with Gasteiger partial charge in [0.25, 0.3) is 0 Å². The molecule has 1 saturated carbocycles. The van der Waals surface area contributed by atoms with E-state index in [4.69, 9.17) is 9.84 Å². The number of fused-ring (bicyclic) bond motifs is 1. The maximum absolute atomic E-state index is 14.1. The lowest BCUT2D eigenvalue weighted by molar-refractivity contribution is -0.114. The largest absolute Gasteiger partial charge is 0.461 e. The van der Waals surface area contributed by atoms with E-state index < -0.39 is 17.6 Å². The molecule has 36 heavy (non-hydrogen) atoms. The van der Waals surface area contributed by atoms with E-state index in [1.54, 1.807) is 25.1 Å². The summed E-state index contributed by atoms with van der Waals surface area (Å²) in [6, 6.07) is 12.0. The van der Waals surface area contributed by atoms with Crippen LogP contribution in [-0.4, -0.2) is 33.2 Å². The summed E-state index contributed by atoms with van der Waals surface area (Å²) in [5.41, 5.74) is 3.41. The second-order valence-corrected chi connectivity index (χ2v) is 8.79. The van der Waals surface area contributed by atoms with Gasteiger partial charge in [0.05, 0.1) is 23.4 Å². The highest BCUT2D eigenvalue weighted by atomic mass is 19.1.